The lowest BCUT2D eigenvalue weighted by molar-refractivity contribution is 0.605. The van der Waals surface area contributed by atoms with Crippen molar-refractivity contribution in [2.75, 3.05) is 0 Å². The van der Waals surface area contributed by atoms with Gasteiger partial charge < -0.3 is 4.42 Å². The average Bonchev–Trinajstić information content (AvgIpc) is 3.32. The van der Waals surface area contributed by atoms with E-state index < -0.39 is 0 Å². The van der Waals surface area contributed by atoms with E-state index in [0.29, 0.717) is 28.6 Å². The summed E-state index contributed by atoms with van der Waals surface area (Å²) in [4.78, 5) is 23.0. The summed E-state index contributed by atoms with van der Waals surface area (Å²) in [6.07, 6.45) is 3.42. The van der Waals surface area contributed by atoms with Crippen molar-refractivity contribution in [2.45, 2.75) is 26.2 Å². The zero-order chi connectivity index (χ0) is 21.2. The normalized spacial score (nSPS) is 13.9. The molecule has 6 nitrogen and oxygen atoms in total. The molecule has 0 saturated heterocycles. The van der Waals surface area contributed by atoms with Gasteiger partial charge in [-0.1, -0.05) is 38.1 Å². The topological polar surface area (TPSA) is 77.6 Å². The van der Waals surface area contributed by atoms with Gasteiger partial charge in [0.25, 0.3) is 0 Å². The highest BCUT2D eigenvalue weighted by molar-refractivity contribution is 5.80. The minimum atomic E-state index is -0.122. The molecule has 6 heteroatoms. The molecule has 0 bridgehead atoms. The van der Waals surface area contributed by atoms with Crippen LogP contribution in [0, 0.1) is 6.92 Å². The average molecular weight is 405 g/mol. The first-order valence-corrected chi connectivity index (χ1v) is 10.2. The Kier molecular flexibility index (Phi) is 3.63. The first kappa shape index (κ1) is 17.9. The standard InChI is InChI=1S/C25H19N5O/c1-14-20-21(16-7-4-5-8-17(16)25(20,2)3)30-22(28-14)15-10-12-26-19(13-15)24-29-18-9-6-11-27-23(18)31-24/h4-13H,1-3H3. The molecule has 31 heavy (non-hydrogen) atoms. The summed E-state index contributed by atoms with van der Waals surface area (Å²) >= 11 is 0. The molecule has 0 fully saturated rings. The van der Waals surface area contributed by atoms with Crippen LogP contribution in [0.2, 0.25) is 0 Å². The number of hydrogen-bond donors (Lipinski definition) is 0. The number of aromatic nitrogens is 5. The summed E-state index contributed by atoms with van der Waals surface area (Å²) in [6.45, 7) is 6.53. The molecule has 0 radical (unpaired) electrons. The summed E-state index contributed by atoms with van der Waals surface area (Å²) in [5, 5.41) is 0. The SMILES string of the molecule is Cc1nc(-c2ccnc(-c3nc4cccnc4o3)c2)nc2c1C(C)(C)c1ccccc1-2. The van der Waals surface area contributed by atoms with Gasteiger partial charge in [-0.15, -0.1) is 0 Å². The Morgan fingerprint density at radius 2 is 1.74 bits per heavy atom. The first-order valence-electron chi connectivity index (χ1n) is 10.2. The van der Waals surface area contributed by atoms with Crippen molar-refractivity contribution in [3.05, 3.63) is 77.7 Å². The van der Waals surface area contributed by atoms with Gasteiger partial charge in [0.05, 0.1) is 5.69 Å². The van der Waals surface area contributed by atoms with Gasteiger partial charge in [-0.05, 0) is 36.8 Å². The van der Waals surface area contributed by atoms with Crippen molar-refractivity contribution >= 4 is 11.2 Å². The van der Waals surface area contributed by atoms with Crippen LogP contribution in [0.3, 0.4) is 0 Å². The maximum absolute atomic E-state index is 5.79. The molecule has 0 saturated carbocycles. The molecule has 4 aromatic heterocycles. The number of fused-ring (bicyclic) bond motifs is 4. The molecule has 0 aliphatic heterocycles. The lowest BCUT2D eigenvalue weighted by Crippen LogP contribution is -2.17. The summed E-state index contributed by atoms with van der Waals surface area (Å²) < 4.78 is 5.79. The maximum atomic E-state index is 5.79. The lowest BCUT2D eigenvalue weighted by Gasteiger charge is -2.22. The Morgan fingerprint density at radius 1 is 0.871 bits per heavy atom. The molecule has 6 rings (SSSR count). The maximum Gasteiger partial charge on any atom is 0.248 e. The smallest absolute Gasteiger partial charge is 0.248 e. The van der Waals surface area contributed by atoms with Crippen LogP contribution in [0.5, 0.6) is 0 Å². The molecule has 5 aromatic rings. The molecule has 0 atom stereocenters. The van der Waals surface area contributed by atoms with Gasteiger partial charge in [0, 0.05) is 40.2 Å². The minimum Gasteiger partial charge on any atom is -0.416 e. The van der Waals surface area contributed by atoms with Crippen molar-refractivity contribution in [3.63, 3.8) is 0 Å². The number of nitrogens with zero attached hydrogens (tertiary/aromatic N) is 5. The van der Waals surface area contributed by atoms with Crippen LogP contribution in [0.4, 0.5) is 0 Å². The molecule has 1 aromatic carbocycles. The van der Waals surface area contributed by atoms with E-state index in [1.807, 2.05) is 24.3 Å². The van der Waals surface area contributed by atoms with Crippen LogP contribution in [-0.2, 0) is 5.41 Å². The van der Waals surface area contributed by atoms with E-state index >= 15 is 0 Å². The quantitative estimate of drug-likeness (QED) is 0.394. The van der Waals surface area contributed by atoms with Gasteiger partial charge in [0.15, 0.2) is 5.82 Å². The highest BCUT2D eigenvalue weighted by Gasteiger charge is 2.38. The third-order valence-corrected chi connectivity index (χ3v) is 5.97. The van der Waals surface area contributed by atoms with Gasteiger partial charge in [0.1, 0.15) is 11.2 Å². The number of oxazole rings is 1. The molecular weight excluding hydrogens is 386 g/mol. The van der Waals surface area contributed by atoms with E-state index in [9.17, 15) is 0 Å². The van der Waals surface area contributed by atoms with Crippen molar-refractivity contribution in [3.8, 4) is 34.2 Å². The fraction of sp³-hybridized carbons (Fsp3) is 0.160. The molecule has 1 aliphatic carbocycles. The van der Waals surface area contributed by atoms with E-state index in [1.165, 1.54) is 16.7 Å². The Hall–Kier alpha value is -3.93. The van der Waals surface area contributed by atoms with Gasteiger partial charge in [0.2, 0.25) is 11.6 Å². The molecule has 0 N–H and O–H groups in total. The second-order valence-corrected chi connectivity index (χ2v) is 8.30. The Balaban J connectivity index is 1.50. The van der Waals surface area contributed by atoms with Crippen molar-refractivity contribution in [2.24, 2.45) is 0 Å². The Morgan fingerprint density at radius 3 is 2.61 bits per heavy atom. The van der Waals surface area contributed by atoms with Crippen LogP contribution in [0.15, 0.2) is 65.3 Å². The summed E-state index contributed by atoms with van der Waals surface area (Å²) in [6, 6.07) is 16.0. The zero-order valence-corrected chi connectivity index (χ0v) is 17.4. The zero-order valence-electron chi connectivity index (χ0n) is 17.4. The first-order chi connectivity index (χ1) is 15.0. The number of pyridine rings is 2. The molecule has 0 spiro atoms. The van der Waals surface area contributed by atoms with Crippen molar-refractivity contribution < 1.29 is 4.42 Å². The van der Waals surface area contributed by atoms with E-state index in [-0.39, 0.29) is 5.41 Å². The molecular formula is C25H19N5O. The van der Waals surface area contributed by atoms with E-state index in [2.05, 4.69) is 60.0 Å². The molecule has 4 heterocycles. The monoisotopic (exact) mass is 405 g/mol. The van der Waals surface area contributed by atoms with E-state index in [0.717, 1.165) is 17.0 Å². The Bertz CT molecular complexity index is 1450. The number of aryl methyl sites for hydroxylation is 1. The fourth-order valence-corrected chi connectivity index (χ4v) is 4.58. The molecule has 1 aliphatic rings. The fourth-order valence-electron chi connectivity index (χ4n) is 4.58. The van der Waals surface area contributed by atoms with Gasteiger partial charge in [-0.3, -0.25) is 4.98 Å². The van der Waals surface area contributed by atoms with Crippen LogP contribution in [-0.4, -0.2) is 24.9 Å². The predicted molar refractivity (Wildman–Crippen MR) is 118 cm³/mol. The van der Waals surface area contributed by atoms with Gasteiger partial charge in [-0.25, -0.2) is 19.9 Å². The Labute approximate surface area is 179 Å². The van der Waals surface area contributed by atoms with E-state index in [1.54, 1.807) is 12.4 Å². The van der Waals surface area contributed by atoms with Crippen molar-refractivity contribution in [1.82, 2.24) is 24.9 Å². The number of hydrogen-bond acceptors (Lipinski definition) is 6. The summed E-state index contributed by atoms with van der Waals surface area (Å²) in [5.74, 6) is 1.10. The van der Waals surface area contributed by atoms with Gasteiger partial charge >= 0.3 is 0 Å². The van der Waals surface area contributed by atoms with Crippen LogP contribution in [0.1, 0.15) is 30.7 Å². The third-order valence-electron chi connectivity index (χ3n) is 5.97. The van der Waals surface area contributed by atoms with Crippen LogP contribution >= 0.6 is 0 Å². The third kappa shape index (κ3) is 2.61. The predicted octanol–water partition coefficient (Wildman–Crippen LogP) is 5.36. The molecule has 150 valence electrons. The highest BCUT2D eigenvalue weighted by atomic mass is 16.4. The number of rotatable bonds is 2. The van der Waals surface area contributed by atoms with Crippen LogP contribution < -0.4 is 0 Å². The van der Waals surface area contributed by atoms with Gasteiger partial charge in [-0.2, -0.15) is 0 Å². The van der Waals surface area contributed by atoms with Crippen molar-refractivity contribution in [1.29, 1.82) is 0 Å². The highest BCUT2D eigenvalue weighted by Crippen LogP contribution is 2.48. The molecule has 0 amide bonds. The second kappa shape index (κ2) is 6.28. The summed E-state index contributed by atoms with van der Waals surface area (Å²) in [5.41, 5.74) is 8.22. The van der Waals surface area contributed by atoms with E-state index in [4.69, 9.17) is 14.4 Å². The van der Waals surface area contributed by atoms with Crippen LogP contribution in [0.25, 0.3) is 45.5 Å². The lowest BCUT2D eigenvalue weighted by atomic mass is 9.82. The second-order valence-electron chi connectivity index (χ2n) is 8.30. The number of benzene rings is 1. The molecule has 0 unspecified atom stereocenters. The summed E-state index contributed by atoms with van der Waals surface area (Å²) in [7, 11) is 0. The largest absolute Gasteiger partial charge is 0.416 e. The minimum absolute atomic E-state index is 0.122.